The number of hydrogen-bond acceptors (Lipinski definition) is 3. The number of aryl methyl sites for hydroxylation is 1. The van der Waals surface area contributed by atoms with Gasteiger partial charge in [-0.05, 0) is 42.2 Å². The van der Waals surface area contributed by atoms with Crippen molar-refractivity contribution in [1.29, 1.82) is 0 Å². The number of nitrogens with zero attached hydrogens (tertiary/aromatic N) is 3. The molecule has 5 nitrogen and oxygen atoms in total. The third-order valence-corrected chi connectivity index (χ3v) is 5.38. The van der Waals surface area contributed by atoms with Crippen LogP contribution in [0.15, 0.2) is 30.6 Å². The second kappa shape index (κ2) is 7.66. The van der Waals surface area contributed by atoms with Crippen LogP contribution >= 0.6 is 0 Å². The van der Waals surface area contributed by atoms with Gasteiger partial charge in [-0.3, -0.25) is 4.79 Å². The van der Waals surface area contributed by atoms with Crippen molar-refractivity contribution >= 4 is 16.9 Å². The van der Waals surface area contributed by atoms with E-state index >= 15 is 0 Å². The lowest BCUT2D eigenvalue weighted by molar-refractivity contribution is 0.0923. The molecule has 0 spiro atoms. The van der Waals surface area contributed by atoms with Gasteiger partial charge in [0.05, 0.1) is 6.20 Å². The van der Waals surface area contributed by atoms with Gasteiger partial charge in [-0.15, -0.1) is 0 Å². The lowest BCUT2D eigenvalue weighted by Gasteiger charge is -2.22. The summed E-state index contributed by atoms with van der Waals surface area (Å²) in [5.74, 6) is -1.53. The van der Waals surface area contributed by atoms with E-state index in [9.17, 15) is 13.6 Å². The second-order valence-corrected chi connectivity index (χ2v) is 7.41. The van der Waals surface area contributed by atoms with Gasteiger partial charge in [-0.25, -0.2) is 14.4 Å². The number of aromatic nitrogens is 3. The average molecular weight is 384 g/mol. The van der Waals surface area contributed by atoms with Gasteiger partial charge in [0.15, 0.2) is 0 Å². The van der Waals surface area contributed by atoms with Gasteiger partial charge in [0.25, 0.3) is 5.91 Å². The Hall–Kier alpha value is -2.83. The third kappa shape index (κ3) is 3.74. The zero-order valence-electron chi connectivity index (χ0n) is 15.7. The number of hydrogen-bond donors (Lipinski definition) is 1. The average Bonchev–Trinajstić information content (AvgIpc) is 3.07. The Morgan fingerprint density at radius 3 is 2.79 bits per heavy atom. The standard InChI is InChI=1S/C21H22F2N4O/c1-27-8-7-16-13(9-14-11-19(23)24-12-17(14)22)10-18(26-20(16)27)21(28)25-15-5-3-2-4-6-15/h7-8,10-12,15H,2-6,9H2,1H3,(H,25,28). The molecule has 7 heteroatoms. The Kier molecular flexibility index (Phi) is 5.07. The quantitative estimate of drug-likeness (QED) is 0.694. The third-order valence-electron chi connectivity index (χ3n) is 5.38. The molecular formula is C21H22F2N4O. The number of carbonyl (C=O) groups is 1. The lowest BCUT2D eigenvalue weighted by Crippen LogP contribution is -2.36. The maximum atomic E-state index is 14.1. The molecule has 3 aromatic heterocycles. The smallest absolute Gasteiger partial charge is 0.270 e. The van der Waals surface area contributed by atoms with E-state index in [0.29, 0.717) is 11.3 Å². The maximum absolute atomic E-state index is 14.1. The minimum Gasteiger partial charge on any atom is -0.348 e. The molecule has 4 rings (SSSR count). The number of amides is 1. The minimum absolute atomic E-state index is 0.151. The summed E-state index contributed by atoms with van der Waals surface area (Å²) in [6.45, 7) is 0. The second-order valence-electron chi connectivity index (χ2n) is 7.41. The highest BCUT2D eigenvalue weighted by Crippen LogP contribution is 2.24. The summed E-state index contributed by atoms with van der Waals surface area (Å²) in [6, 6.07) is 4.81. The molecule has 28 heavy (non-hydrogen) atoms. The first-order chi connectivity index (χ1) is 13.5. The van der Waals surface area contributed by atoms with Gasteiger partial charge < -0.3 is 9.88 Å². The van der Waals surface area contributed by atoms with E-state index in [4.69, 9.17) is 0 Å². The summed E-state index contributed by atoms with van der Waals surface area (Å²) in [4.78, 5) is 20.6. The summed E-state index contributed by atoms with van der Waals surface area (Å²) < 4.78 is 29.4. The van der Waals surface area contributed by atoms with Crippen LogP contribution in [0.1, 0.15) is 53.7 Å². The highest BCUT2D eigenvalue weighted by molar-refractivity contribution is 5.95. The molecule has 1 N–H and O–H groups in total. The van der Waals surface area contributed by atoms with Crippen LogP contribution in [0.25, 0.3) is 11.0 Å². The Bertz CT molecular complexity index is 1020. The van der Waals surface area contributed by atoms with Crippen LogP contribution in [-0.2, 0) is 13.5 Å². The van der Waals surface area contributed by atoms with Gasteiger partial charge in [0, 0.05) is 31.1 Å². The zero-order chi connectivity index (χ0) is 19.7. The molecule has 0 bridgehead atoms. The monoisotopic (exact) mass is 384 g/mol. The first-order valence-corrected chi connectivity index (χ1v) is 9.57. The van der Waals surface area contributed by atoms with Crippen LogP contribution in [-0.4, -0.2) is 26.5 Å². The molecule has 0 aliphatic heterocycles. The molecule has 146 valence electrons. The topological polar surface area (TPSA) is 59.8 Å². The van der Waals surface area contributed by atoms with Crippen molar-refractivity contribution in [2.75, 3.05) is 0 Å². The Morgan fingerprint density at radius 1 is 1.21 bits per heavy atom. The summed E-state index contributed by atoms with van der Waals surface area (Å²) in [5, 5.41) is 3.88. The van der Waals surface area contributed by atoms with Crippen LogP contribution in [0.5, 0.6) is 0 Å². The van der Waals surface area contributed by atoms with Crippen molar-refractivity contribution in [3.63, 3.8) is 0 Å². The van der Waals surface area contributed by atoms with Crippen LogP contribution in [0.2, 0.25) is 0 Å². The Labute approximate surface area is 161 Å². The molecule has 3 aromatic rings. The van der Waals surface area contributed by atoms with Crippen molar-refractivity contribution < 1.29 is 13.6 Å². The summed E-state index contributed by atoms with van der Waals surface area (Å²) in [6.07, 6.45) is 8.27. The molecule has 0 aromatic carbocycles. The zero-order valence-corrected chi connectivity index (χ0v) is 15.7. The van der Waals surface area contributed by atoms with E-state index in [2.05, 4.69) is 15.3 Å². The molecule has 0 unspecified atom stereocenters. The van der Waals surface area contributed by atoms with Crippen molar-refractivity contribution in [3.05, 3.63) is 59.2 Å². The molecule has 1 aliphatic rings. The Morgan fingerprint density at radius 2 is 2.00 bits per heavy atom. The van der Waals surface area contributed by atoms with E-state index in [-0.39, 0.29) is 23.9 Å². The highest BCUT2D eigenvalue weighted by Gasteiger charge is 2.20. The first kappa shape index (κ1) is 18.5. The number of fused-ring (bicyclic) bond motifs is 1. The van der Waals surface area contributed by atoms with Crippen molar-refractivity contribution in [3.8, 4) is 0 Å². The summed E-state index contributed by atoms with van der Waals surface area (Å²) in [5.41, 5.74) is 1.86. The highest BCUT2D eigenvalue weighted by atomic mass is 19.1. The van der Waals surface area contributed by atoms with Crippen molar-refractivity contribution in [2.45, 2.75) is 44.6 Å². The number of rotatable bonds is 4. The molecular weight excluding hydrogens is 362 g/mol. The van der Waals surface area contributed by atoms with E-state index in [1.807, 2.05) is 23.9 Å². The van der Waals surface area contributed by atoms with Gasteiger partial charge >= 0.3 is 0 Å². The van der Waals surface area contributed by atoms with Crippen molar-refractivity contribution in [2.24, 2.45) is 7.05 Å². The van der Waals surface area contributed by atoms with Crippen LogP contribution in [0.3, 0.4) is 0 Å². The molecule has 1 amide bonds. The number of carbonyl (C=O) groups excluding carboxylic acids is 1. The van der Waals surface area contributed by atoms with E-state index in [1.165, 1.54) is 6.42 Å². The number of pyridine rings is 2. The number of nitrogens with one attached hydrogen (secondary N) is 1. The van der Waals surface area contributed by atoms with E-state index in [1.54, 1.807) is 6.07 Å². The SMILES string of the molecule is Cn1ccc2c(Cc3cc(F)ncc3F)cc(C(=O)NC3CCCCC3)nc21. The molecule has 1 aliphatic carbocycles. The van der Waals surface area contributed by atoms with Gasteiger partial charge in [-0.1, -0.05) is 19.3 Å². The molecule has 1 fully saturated rings. The largest absolute Gasteiger partial charge is 0.348 e. The van der Waals surface area contributed by atoms with E-state index < -0.39 is 11.8 Å². The van der Waals surface area contributed by atoms with Gasteiger partial charge in [-0.2, -0.15) is 4.39 Å². The molecule has 0 atom stereocenters. The van der Waals surface area contributed by atoms with Crippen molar-refractivity contribution in [1.82, 2.24) is 19.9 Å². The summed E-state index contributed by atoms with van der Waals surface area (Å²) in [7, 11) is 1.84. The van der Waals surface area contributed by atoms with E-state index in [0.717, 1.165) is 48.9 Å². The molecule has 1 saturated carbocycles. The summed E-state index contributed by atoms with van der Waals surface area (Å²) >= 11 is 0. The van der Waals surface area contributed by atoms with Gasteiger partial charge in [0.2, 0.25) is 5.95 Å². The molecule has 0 radical (unpaired) electrons. The fraction of sp³-hybridized carbons (Fsp3) is 0.381. The predicted molar refractivity (Wildman–Crippen MR) is 102 cm³/mol. The Balaban J connectivity index is 1.69. The maximum Gasteiger partial charge on any atom is 0.270 e. The normalized spacial score (nSPS) is 15.1. The lowest BCUT2D eigenvalue weighted by atomic mass is 9.95. The predicted octanol–water partition coefficient (Wildman–Crippen LogP) is 3.90. The molecule has 0 saturated heterocycles. The minimum atomic E-state index is -0.731. The van der Waals surface area contributed by atoms with Crippen LogP contribution < -0.4 is 5.32 Å². The number of halogens is 2. The first-order valence-electron chi connectivity index (χ1n) is 9.57. The van der Waals surface area contributed by atoms with Crippen LogP contribution in [0, 0.1) is 11.8 Å². The fourth-order valence-corrected chi connectivity index (χ4v) is 3.86. The fourth-order valence-electron chi connectivity index (χ4n) is 3.86. The molecule has 3 heterocycles. The van der Waals surface area contributed by atoms with Gasteiger partial charge in [0.1, 0.15) is 17.2 Å². The van der Waals surface area contributed by atoms with Crippen LogP contribution in [0.4, 0.5) is 8.78 Å².